The maximum Gasteiger partial charge on any atom is 0.129 e. The maximum atomic E-state index is 5.58. The summed E-state index contributed by atoms with van der Waals surface area (Å²) < 4.78 is 0. The SMILES string of the molecule is Cc1cc(NC(C)C(C)CN)ncn1. The third-order valence-corrected chi connectivity index (χ3v) is 2.40. The number of nitrogens with one attached hydrogen (secondary N) is 1. The maximum absolute atomic E-state index is 5.58. The van der Waals surface area contributed by atoms with Crippen LogP contribution in [-0.4, -0.2) is 22.6 Å². The molecule has 0 radical (unpaired) electrons. The Kier molecular flexibility index (Phi) is 3.83. The third kappa shape index (κ3) is 2.96. The van der Waals surface area contributed by atoms with E-state index in [2.05, 4.69) is 29.1 Å². The molecule has 0 saturated heterocycles. The zero-order chi connectivity index (χ0) is 10.6. The zero-order valence-electron chi connectivity index (χ0n) is 8.99. The van der Waals surface area contributed by atoms with Gasteiger partial charge in [0, 0.05) is 17.8 Å². The molecule has 14 heavy (non-hydrogen) atoms. The first-order valence-corrected chi connectivity index (χ1v) is 4.88. The fourth-order valence-corrected chi connectivity index (χ4v) is 1.11. The Morgan fingerprint density at radius 1 is 1.43 bits per heavy atom. The quantitative estimate of drug-likeness (QED) is 0.755. The van der Waals surface area contributed by atoms with E-state index in [1.807, 2.05) is 13.0 Å². The molecular formula is C10H18N4. The second kappa shape index (κ2) is 4.91. The molecule has 0 aliphatic rings. The van der Waals surface area contributed by atoms with Crippen molar-refractivity contribution >= 4 is 5.82 Å². The lowest BCUT2D eigenvalue weighted by molar-refractivity contribution is 0.520. The van der Waals surface area contributed by atoms with Gasteiger partial charge in [-0.15, -0.1) is 0 Å². The second-order valence-corrected chi connectivity index (χ2v) is 3.69. The molecule has 0 spiro atoms. The van der Waals surface area contributed by atoms with Crippen molar-refractivity contribution in [3.8, 4) is 0 Å². The van der Waals surface area contributed by atoms with Crippen LogP contribution in [0.3, 0.4) is 0 Å². The number of aromatic nitrogens is 2. The molecule has 0 aliphatic carbocycles. The van der Waals surface area contributed by atoms with Crippen molar-refractivity contribution < 1.29 is 0 Å². The van der Waals surface area contributed by atoms with Crippen LogP contribution < -0.4 is 11.1 Å². The summed E-state index contributed by atoms with van der Waals surface area (Å²) in [4.78, 5) is 8.17. The summed E-state index contributed by atoms with van der Waals surface area (Å²) >= 11 is 0. The molecule has 2 atom stereocenters. The number of rotatable bonds is 4. The summed E-state index contributed by atoms with van der Waals surface area (Å²) in [5, 5.41) is 3.30. The van der Waals surface area contributed by atoms with Crippen LogP contribution in [-0.2, 0) is 0 Å². The van der Waals surface area contributed by atoms with Gasteiger partial charge in [-0.05, 0) is 26.3 Å². The van der Waals surface area contributed by atoms with Crippen molar-refractivity contribution in [1.82, 2.24) is 9.97 Å². The van der Waals surface area contributed by atoms with E-state index in [-0.39, 0.29) is 0 Å². The highest BCUT2D eigenvalue weighted by Crippen LogP contribution is 2.09. The molecule has 1 aromatic rings. The summed E-state index contributed by atoms with van der Waals surface area (Å²) in [5.74, 6) is 1.30. The topological polar surface area (TPSA) is 63.8 Å². The number of nitrogens with zero attached hydrogens (tertiary/aromatic N) is 2. The van der Waals surface area contributed by atoms with Gasteiger partial charge in [0.2, 0.25) is 0 Å². The Morgan fingerprint density at radius 2 is 2.14 bits per heavy atom. The second-order valence-electron chi connectivity index (χ2n) is 3.69. The molecule has 4 nitrogen and oxygen atoms in total. The zero-order valence-corrected chi connectivity index (χ0v) is 8.99. The van der Waals surface area contributed by atoms with Gasteiger partial charge in [0.05, 0.1) is 0 Å². The average Bonchev–Trinajstić information content (AvgIpc) is 2.16. The normalized spacial score (nSPS) is 14.9. The molecule has 0 fully saturated rings. The monoisotopic (exact) mass is 194 g/mol. The molecule has 78 valence electrons. The van der Waals surface area contributed by atoms with Gasteiger partial charge in [-0.25, -0.2) is 9.97 Å². The molecule has 1 aromatic heterocycles. The predicted molar refractivity (Wildman–Crippen MR) is 58.1 cm³/mol. The van der Waals surface area contributed by atoms with Gasteiger partial charge >= 0.3 is 0 Å². The highest BCUT2D eigenvalue weighted by atomic mass is 15.0. The van der Waals surface area contributed by atoms with Crippen molar-refractivity contribution in [3.63, 3.8) is 0 Å². The molecular weight excluding hydrogens is 176 g/mol. The van der Waals surface area contributed by atoms with E-state index in [0.717, 1.165) is 11.5 Å². The Labute approximate surface area is 85.0 Å². The molecule has 1 rings (SSSR count). The lowest BCUT2D eigenvalue weighted by Crippen LogP contribution is -2.29. The van der Waals surface area contributed by atoms with Crippen molar-refractivity contribution in [1.29, 1.82) is 0 Å². The average molecular weight is 194 g/mol. The summed E-state index contributed by atoms with van der Waals surface area (Å²) in [7, 11) is 0. The Balaban J connectivity index is 2.60. The standard InChI is InChI=1S/C10H18N4/c1-7(5-11)9(3)14-10-4-8(2)12-6-13-10/h4,6-7,9H,5,11H2,1-3H3,(H,12,13,14). The Bertz CT molecular complexity index is 287. The molecule has 0 bridgehead atoms. The van der Waals surface area contributed by atoms with Gasteiger partial charge in [0.25, 0.3) is 0 Å². The molecule has 0 aromatic carbocycles. The number of hydrogen-bond donors (Lipinski definition) is 2. The van der Waals surface area contributed by atoms with Crippen molar-refractivity contribution in [2.75, 3.05) is 11.9 Å². The van der Waals surface area contributed by atoms with Gasteiger partial charge in [-0.2, -0.15) is 0 Å². The molecule has 4 heteroatoms. The van der Waals surface area contributed by atoms with Gasteiger partial charge in [-0.1, -0.05) is 6.92 Å². The number of aryl methyl sites for hydroxylation is 1. The summed E-state index contributed by atoms with van der Waals surface area (Å²) in [5.41, 5.74) is 6.55. The Hall–Kier alpha value is -1.16. The van der Waals surface area contributed by atoms with Gasteiger partial charge in [-0.3, -0.25) is 0 Å². The minimum atomic E-state index is 0.328. The minimum Gasteiger partial charge on any atom is -0.367 e. The number of anilines is 1. The van der Waals surface area contributed by atoms with E-state index in [1.54, 1.807) is 6.33 Å². The number of nitrogens with two attached hydrogens (primary N) is 1. The van der Waals surface area contributed by atoms with E-state index >= 15 is 0 Å². The first kappa shape index (κ1) is 10.9. The predicted octanol–water partition coefficient (Wildman–Crippen LogP) is 1.18. The molecule has 0 aliphatic heterocycles. The molecule has 0 saturated carbocycles. The van der Waals surface area contributed by atoms with E-state index in [9.17, 15) is 0 Å². The summed E-state index contributed by atoms with van der Waals surface area (Å²) in [6.45, 7) is 6.85. The summed E-state index contributed by atoms with van der Waals surface area (Å²) in [6, 6.07) is 2.26. The first-order valence-electron chi connectivity index (χ1n) is 4.88. The van der Waals surface area contributed by atoms with Crippen LogP contribution in [0, 0.1) is 12.8 Å². The highest BCUT2D eigenvalue weighted by Gasteiger charge is 2.10. The van der Waals surface area contributed by atoms with E-state index in [4.69, 9.17) is 5.73 Å². The fraction of sp³-hybridized carbons (Fsp3) is 0.600. The van der Waals surface area contributed by atoms with Crippen LogP contribution in [0.2, 0.25) is 0 Å². The van der Waals surface area contributed by atoms with Crippen molar-refractivity contribution in [3.05, 3.63) is 18.1 Å². The van der Waals surface area contributed by atoms with E-state index in [1.165, 1.54) is 0 Å². The molecule has 2 unspecified atom stereocenters. The fourth-order valence-electron chi connectivity index (χ4n) is 1.11. The van der Waals surface area contributed by atoms with Gasteiger partial charge in [0.1, 0.15) is 12.1 Å². The highest BCUT2D eigenvalue weighted by molar-refractivity contribution is 5.35. The van der Waals surface area contributed by atoms with Crippen LogP contribution >= 0.6 is 0 Å². The van der Waals surface area contributed by atoms with Gasteiger partial charge < -0.3 is 11.1 Å². The largest absolute Gasteiger partial charge is 0.367 e. The number of hydrogen-bond acceptors (Lipinski definition) is 4. The van der Waals surface area contributed by atoms with Crippen LogP contribution in [0.1, 0.15) is 19.5 Å². The molecule has 1 heterocycles. The van der Waals surface area contributed by atoms with Crippen molar-refractivity contribution in [2.45, 2.75) is 26.8 Å². The third-order valence-electron chi connectivity index (χ3n) is 2.40. The van der Waals surface area contributed by atoms with Gasteiger partial charge in [0.15, 0.2) is 0 Å². The van der Waals surface area contributed by atoms with Crippen LogP contribution in [0.25, 0.3) is 0 Å². The minimum absolute atomic E-state index is 0.328. The molecule has 3 N–H and O–H groups in total. The Morgan fingerprint density at radius 3 is 2.71 bits per heavy atom. The smallest absolute Gasteiger partial charge is 0.129 e. The lowest BCUT2D eigenvalue weighted by Gasteiger charge is -2.20. The van der Waals surface area contributed by atoms with Crippen LogP contribution in [0.5, 0.6) is 0 Å². The van der Waals surface area contributed by atoms with E-state index in [0.29, 0.717) is 18.5 Å². The molecule has 0 amide bonds. The summed E-state index contributed by atoms with van der Waals surface area (Å²) in [6.07, 6.45) is 1.57. The van der Waals surface area contributed by atoms with Crippen LogP contribution in [0.15, 0.2) is 12.4 Å². The van der Waals surface area contributed by atoms with Crippen LogP contribution in [0.4, 0.5) is 5.82 Å². The van der Waals surface area contributed by atoms with E-state index < -0.39 is 0 Å². The first-order chi connectivity index (χ1) is 6.63. The lowest BCUT2D eigenvalue weighted by atomic mass is 10.0. The van der Waals surface area contributed by atoms with Crippen molar-refractivity contribution in [2.24, 2.45) is 11.7 Å².